The third kappa shape index (κ3) is 2.11. The SMILES string of the molecule is CC1=CC2OC(=O)C(C)C2CC(O)C2(C)OC2CC1. The van der Waals surface area contributed by atoms with Crippen molar-refractivity contribution in [1.82, 2.24) is 0 Å². The van der Waals surface area contributed by atoms with Crippen LogP contribution in [0, 0.1) is 11.8 Å². The van der Waals surface area contributed by atoms with Gasteiger partial charge in [-0.25, -0.2) is 0 Å². The second-order valence-corrected chi connectivity index (χ2v) is 6.45. The molecule has 4 nitrogen and oxygen atoms in total. The average molecular weight is 266 g/mol. The van der Waals surface area contributed by atoms with E-state index in [0.717, 1.165) is 12.8 Å². The molecule has 2 fully saturated rings. The van der Waals surface area contributed by atoms with Gasteiger partial charge in [-0.15, -0.1) is 0 Å². The fraction of sp³-hybridized carbons (Fsp3) is 0.800. The predicted molar refractivity (Wildman–Crippen MR) is 69.4 cm³/mol. The summed E-state index contributed by atoms with van der Waals surface area (Å²) in [5.74, 6) is -0.245. The lowest BCUT2D eigenvalue weighted by Gasteiger charge is -2.24. The van der Waals surface area contributed by atoms with Gasteiger partial charge in [0.05, 0.1) is 18.1 Å². The summed E-state index contributed by atoms with van der Waals surface area (Å²) in [7, 11) is 0. The van der Waals surface area contributed by atoms with Crippen LogP contribution in [0.1, 0.15) is 40.0 Å². The molecule has 2 saturated heterocycles. The summed E-state index contributed by atoms with van der Waals surface area (Å²) >= 11 is 0. The quantitative estimate of drug-likeness (QED) is 0.413. The van der Waals surface area contributed by atoms with E-state index in [4.69, 9.17) is 9.47 Å². The fourth-order valence-corrected chi connectivity index (χ4v) is 3.41. The van der Waals surface area contributed by atoms with E-state index < -0.39 is 11.7 Å². The Bertz CT molecular complexity index is 430. The van der Waals surface area contributed by atoms with Crippen LogP contribution in [0.5, 0.6) is 0 Å². The number of ether oxygens (including phenoxy) is 2. The molecule has 0 radical (unpaired) electrons. The van der Waals surface area contributed by atoms with Crippen molar-refractivity contribution in [3.8, 4) is 0 Å². The average Bonchev–Trinajstić information content (AvgIpc) is 2.96. The number of aliphatic hydroxyl groups excluding tert-OH is 1. The second kappa shape index (κ2) is 4.32. The minimum Gasteiger partial charge on any atom is -0.458 e. The summed E-state index contributed by atoms with van der Waals surface area (Å²) in [5, 5.41) is 10.4. The largest absolute Gasteiger partial charge is 0.458 e. The number of carbonyl (C=O) groups is 1. The van der Waals surface area contributed by atoms with Crippen LogP contribution in [0.3, 0.4) is 0 Å². The van der Waals surface area contributed by atoms with E-state index in [1.807, 2.05) is 13.8 Å². The lowest BCUT2D eigenvalue weighted by atomic mass is 9.81. The fourth-order valence-electron chi connectivity index (χ4n) is 3.41. The summed E-state index contributed by atoms with van der Waals surface area (Å²) in [6.45, 7) is 5.94. The van der Waals surface area contributed by atoms with E-state index in [0.29, 0.717) is 6.42 Å². The van der Waals surface area contributed by atoms with Gasteiger partial charge in [0.1, 0.15) is 11.7 Å². The van der Waals surface area contributed by atoms with Gasteiger partial charge in [-0.05, 0) is 39.2 Å². The molecule has 0 aromatic carbocycles. The van der Waals surface area contributed by atoms with Crippen molar-refractivity contribution in [2.75, 3.05) is 0 Å². The summed E-state index contributed by atoms with van der Waals surface area (Å²) in [6.07, 6.45) is 3.93. The van der Waals surface area contributed by atoms with E-state index in [9.17, 15) is 9.90 Å². The van der Waals surface area contributed by atoms with Crippen LogP contribution >= 0.6 is 0 Å². The molecule has 19 heavy (non-hydrogen) atoms. The minimum atomic E-state index is -0.520. The van der Waals surface area contributed by atoms with Crippen molar-refractivity contribution in [2.24, 2.45) is 11.8 Å². The Morgan fingerprint density at radius 1 is 1.47 bits per heavy atom. The van der Waals surface area contributed by atoms with Crippen molar-refractivity contribution in [3.63, 3.8) is 0 Å². The summed E-state index contributed by atoms with van der Waals surface area (Å²) in [4.78, 5) is 11.8. The van der Waals surface area contributed by atoms with E-state index in [2.05, 4.69) is 13.0 Å². The monoisotopic (exact) mass is 266 g/mol. The molecule has 6 atom stereocenters. The molecule has 3 rings (SSSR count). The van der Waals surface area contributed by atoms with Crippen molar-refractivity contribution in [2.45, 2.75) is 63.9 Å². The molecular weight excluding hydrogens is 244 g/mol. The molecule has 0 aromatic heterocycles. The van der Waals surface area contributed by atoms with Gasteiger partial charge in [-0.2, -0.15) is 0 Å². The molecule has 0 bridgehead atoms. The molecule has 106 valence electrons. The zero-order chi connectivity index (χ0) is 13.8. The van der Waals surface area contributed by atoms with Gasteiger partial charge >= 0.3 is 5.97 Å². The number of epoxide rings is 1. The van der Waals surface area contributed by atoms with E-state index in [1.54, 1.807) is 0 Å². The zero-order valence-electron chi connectivity index (χ0n) is 11.8. The van der Waals surface area contributed by atoms with Gasteiger partial charge in [0.25, 0.3) is 0 Å². The van der Waals surface area contributed by atoms with Crippen molar-refractivity contribution < 1.29 is 19.4 Å². The Morgan fingerprint density at radius 3 is 2.95 bits per heavy atom. The lowest BCUT2D eigenvalue weighted by Crippen LogP contribution is -2.35. The highest BCUT2D eigenvalue weighted by Crippen LogP contribution is 2.47. The first-order valence-electron chi connectivity index (χ1n) is 7.15. The Balaban J connectivity index is 1.88. The van der Waals surface area contributed by atoms with Gasteiger partial charge in [-0.3, -0.25) is 4.79 Å². The Labute approximate surface area is 113 Å². The predicted octanol–water partition coefficient (Wildman–Crippen LogP) is 1.81. The minimum absolute atomic E-state index is 0.0530. The smallest absolute Gasteiger partial charge is 0.309 e. The number of hydrogen-bond acceptors (Lipinski definition) is 4. The van der Waals surface area contributed by atoms with E-state index in [1.165, 1.54) is 5.57 Å². The maximum Gasteiger partial charge on any atom is 0.309 e. The molecule has 1 aliphatic carbocycles. The lowest BCUT2D eigenvalue weighted by molar-refractivity contribution is -0.142. The highest BCUT2D eigenvalue weighted by molar-refractivity contribution is 5.75. The second-order valence-electron chi connectivity index (χ2n) is 6.45. The maximum absolute atomic E-state index is 11.8. The van der Waals surface area contributed by atoms with E-state index in [-0.39, 0.29) is 30.0 Å². The highest BCUT2D eigenvalue weighted by atomic mass is 16.6. The molecule has 2 aliphatic heterocycles. The first-order chi connectivity index (χ1) is 8.91. The van der Waals surface area contributed by atoms with Crippen LogP contribution in [0.15, 0.2) is 11.6 Å². The number of fused-ring (bicyclic) bond motifs is 2. The van der Waals surface area contributed by atoms with Crippen LogP contribution in [0.4, 0.5) is 0 Å². The van der Waals surface area contributed by atoms with Crippen LogP contribution in [0.2, 0.25) is 0 Å². The molecule has 2 heterocycles. The first kappa shape index (κ1) is 13.1. The van der Waals surface area contributed by atoms with Crippen LogP contribution < -0.4 is 0 Å². The number of allylic oxidation sites excluding steroid dienone is 1. The Kier molecular flexibility index (Phi) is 2.98. The standard InChI is InChI=1S/C15H22O4/c1-8-4-5-13-15(3,19-13)12(16)7-10-9(2)14(17)18-11(10)6-8/h6,9-13,16H,4-5,7H2,1-3H3. The first-order valence-corrected chi connectivity index (χ1v) is 7.15. The van der Waals surface area contributed by atoms with Gasteiger partial charge in [0.2, 0.25) is 0 Å². The van der Waals surface area contributed by atoms with Crippen LogP contribution in [-0.4, -0.2) is 35.0 Å². The number of carbonyl (C=O) groups excluding carboxylic acids is 1. The molecule has 0 amide bonds. The molecule has 0 spiro atoms. The summed E-state index contributed by atoms with van der Waals surface area (Å²) < 4.78 is 11.1. The van der Waals surface area contributed by atoms with Gasteiger partial charge < -0.3 is 14.6 Å². The topological polar surface area (TPSA) is 59.1 Å². The van der Waals surface area contributed by atoms with Crippen LogP contribution in [-0.2, 0) is 14.3 Å². The number of hydrogen-bond donors (Lipinski definition) is 1. The number of esters is 1. The molecule has 4 heteroatoms. The molecule has 0 saturated carbocycles. The summed E-state index contributed by atoms with van der Waals surface area (Å²) in [6, 6.07) is 0. The third-order valence-electron chi connectivity index (χ3n) is 5.07. The van der Waals surface area contributed by atoms with Gasteiger partial charge in [0.15, 0.2) is 0 Å². The normalized spacial score (nSPS) is 49.8. The van der Waals surface area contributed by atoms with Gasteiger partial charge in [0, 0.05) is 5.92 Å². The highest BCUT2D eigenvalue weighted by Gasteiger charge is 2.58. The Hall–Kier alpha value is -0.870. The van der Waals surface area contributed by atoms with Crippen molar-refractivity contribution in [1.29, 1.82) is 0 Å². The van der Waals surface area contributed by atoms with Gasteiger partial charge in [-0.1, -0.05) is 12.5 Å². The molecule has 6 unspecified atom stereocenters. The summed E-state index contributed by atoms with van der Waals surface area (Å²) in [5.41, 5.74) is 0.819. The van der Waals surface area contributed by atoms with Crippen LogP contribution in [0.25, 0.3) is 0 Å². The number of rotatable bonds is 0. The van der Waals surface area contributed by atoms with E-state index >= 15 is 0 Å². The Morgan fingerprint density at radius 2 is 2.21 bits per heavy atom. The third-order valence-corrected chi connectivity index (χ3v) is 5.07. The van der Waals surface area contributed by atoms with Crippen molar-refractivity contribution >= 4 is 5.97 Å². The molecule has 0 aromatic rings. The molecule has 1 N–H and O–H groups in total. The molecular formula is C15H22O4. The molecule has 3 aliphatic rings. The van der Waals surface area contributed by atoms with Crippen molar-refractivity contribution in [3.05, 3.63) is 11.6 Å². The maximum atomic E-state index is 11.8. The zero-order valence-corrected chi connectivity index (χ0v) is 11.8. The number of aliphatic hydroxyl groups is 1.